The van der Waals surface area contributed by atoms with Crippen molar-refractivity contribution in [2.45, 2.75) is 49.1 Å². The first-order valence-corrected chi connectivity index (χ1v) is 11.6. The summed E-state index contributed by atoms with van der Waals surface area (Å²) in [5.74, 6) is -0.903. The lowest BCUT2D eigenvalue weighted by Gasteiger charge is -2.45. The number of phenolic OH excluding ortho intramolecular Hbond substituents is 2. The lowest BCUT2D eigenvalue weighted by Crippen LogP contribution is -2.60. The molecular formula is C25H32O11. The van der Waals surface area contributed by atoms with Crippen molar-refractivity contribution in [2.24, 2.45) is 5.92 Å². The van der Waals surface area contributed by atoms with Crippen LogP contribution in [0.4, 0.5) is 0 Å². The van der Waals surface area contributed by atoms with Gasteiger partial charge in [-0.1, -0.05) is 6.07 Å². The number of benzene rings is 2. The van der Waals surface area contributed by atoms with Gasteiger partial charge in [-0.15, -0.1) is 0 Å². The predicted octanol–water partition coefficient (Wildman–Crippen LogP) is -0.403. The van der Waals surface area contributed by atoms with E-state index in [1.54, 1.807) is 18.2 Å². The summed E-state index contributed by atoms with van der Waals surface area (Å²) in [4.78, 5) is 0. The van der Waals surface area contributed by atoms with E-state index in [-0.39, 0.29) is 29.6 Å². The maximum absolute atomic E-state index is 10.6. The molecule has 1 aliphatic heterocycles. The van der Waals surface area contributed by atoms with Crippen molar-refractivity contribution in [3.05, 3.63) is 47.0 Å². The van der Waals surface area contributed by atoms with E-state index >= 15 is 0 Å². The fourth-order valence-corrected chi connectivity index (χ4v) is 5.05. The van der Waals surface area contributed by atoms with Crippen molar-refractivity contribution in [3.63, 3.8) is 0 Å². The summed E-state index contributed by atoms with van der Waals surface area (Å²) in [5.41, 5.74) is 2.05. The van der Waals surface area contributed by atoms with Crippen LogP contribution >= 0.6 is 0 Å². The Balaban J connectivity index is 1.81. The van der Waals surface area contributed by atoms with Crippen LogP contribution in [0.1, 0.15) is 22.6 Å². The topological polar surface area (TPSA) is 179 Å². The van der Waals surface area contributed by atoms with Gasteiger partial charge in [-0.3, -0.25) is 0 Å². The lowest BCUT2D eigenvalue weighted by molar-refractivity contribution is -0.317. The highest BCUT2D eigenvalue weighted by Crippen LogP contribution is 2.47. The van der Waals surface area contributed by atoms with Gasteiger partial charge in [0.2, 0.25) is 0 Å². The minimum absolute atomic E-state index is 0.0834. The molecule has 2 aromatic rings. The molecule has 11 nitrogen and oxygen atoms in total. The van der Waals surface area contributed by atoms with E-state index in [2.05, 4.69) is 0 Å². The van der Waals surface area contributed by atoms with Gasteiger partial charge >= 0.3 is 0 Å². The van der Waals surface area contributed by atoms with Crippen molar-refractivity contribution >= 4 is 0 Å². The maximum Gasteiger partial charge on any atom is 0.187 e. The minimum atomic E-state index is -1.64. The molecule has 1 heterocycles. The predicted molar refractivity (Wildman–Crippen MR) is 124 cm³/mol. The Bertz CT molecular complexity index is 1060. The van der Waals surface area contributed by atoms with Gasteiger partial charge in [0.15, 0.2) is 29.3 Å². The molecule has 36 heavy (non-hydrogen) atoms. The van der Waals surface area contributed by atoms with Gasteiger partial charge < -0.3 is 54.7 Å². The molecule has 0 bridgehead atoms. The van der Waals surface area contributed by atoms with E-state index in [1.165, 1.54) is 26.4 Å². The Morgan fingerprint density at radius 3 is 2.19 bits per heavy atom. The van der Waals surface area contributed by atoms with E-state index in [4.69, 9.17) is 18.9 Å². The number of aliphatic hydroxyl groups is 5. The Kier molecular flexibility index (Phi) is 7.90. The number of aromatic hydroxyl groups is 2. The van der Waals surface area contributed by atoms with Gasteiger partial charge in [-0.25, -0.2) is 0 Å². The molecule has 1 saturated heterocycles. The van der Waals surface area contributed by atoms with Gasteiger partial charge in [0.1, 0.15) is 24.4 Å². The van der Waals surface area contributed by atoms with Gasteiger partial charge in [-0.2, -0.15) is 0 Å². The molecule has 0 aromatic heterocycles. The summed E-state index contributed by atoms with van der Waals surface area (Å²) in [6.45, 7) is -0.926. The van der Waals surface area contributed by atoms with Crippen molar-refractivity contribution < 1.29 is 54.7 Å². The Morgan fingerprint density at radius 2 is 1.56 bits per heavy atom. The van der Waals surface area contributed by atoms with Crippen LogP contribution in [0.5, 0.6) is 23.0 Å². The quantitative estimate of drug-likeness (QED) is 0.259. The highest BCUT2D eigenvalue weighted by molar-refractivity contribution is 5.54. The fraction of sp³-hybridized carbons (Fsp3) is 0.520. The third-order valence-corrected chi connectivity index (χ3v) is 6.99. The van der Waals surface area contributed by atoms with Gasteiger partial charge in [0.05, 0.1) is 26.9 Å². The van der Waals surface area contributed by atoms with Crippen LogP contribution in [0, 0.1) is 5.92 Å². The molecule has 2 aliphatic rings. The lowest BCUT2D eigenvalue weighted by atomic mass is 9.71. The van der Waals surface area contributed by atoms with Crippen molar-refractivity contribution in [3.8, 4) is 23.0 Å². The molecule has 4 rings (SSSR count). The monoisotopic (exact) mass is 508 g/mol. The van der Waals surface area contributed by atoms with Crippen LogP contribution in [0.15, 0.2) is 30.3 Å². The summed E-state index contributed by atoms with van der Waals surface area (Å²) in [5, 5.41) is 71.5. The molecule has 0 radical (unpaired) electrons. The second-order valence-corrected chi connectivity index (χ2v) is 9.08. The summed E-state index contributed by atoms with van der Waals surface area (Å²) in [6.07, 6.45) is -7.95. The fourth-order valence-electron chi connectivity index (χ4n) is 5.05. The SMILES string of the molecule is COc1cc([C@H]2c3cc(O)c(OC)cc3C[C@@H](CO)[C@@H]2O[C@@H]2O[C@H](CO)[C@@H](O)[C@H](O)[C@H]2O)ccc1O. The number of phenols is 2. The van der Waals surface area contributed by atoms with Gasteiger partial charge in [-0.05, 0) is 47.4 Å². The third-order valence-electron chi connectivity index (χ3n) is 6.99. The van der Waals surface area contributed by atoms with E-state index < -0.39 is 55.3 Å². The normalized spacial score (nSPS) is 32.1. The van der Waals surface area contributed by atoms with E-state index in [1.807, 2.05) is 0 Å². The first kappa shape index (κ1) is 26.4. The molecule has 2 aromatic carbocycles. The first-order chi connectivity index (χ1) is 17.2. The number of methoxy groups -OCH3 is 2. The van der Waals surface area contributed by atoms with Crippen LogP contribution in [0.2, 0.25) is 0 Å². The van der Waals surface area contributed by atoms with Gasteiger partial charge in [0.25, 0.3) is 0 Å². The second kappa shape index (κ2) is 10.8. The smallest absolute Gasteiger partial charge is 0.187 e. The molecule has 0 spiro atoms. The third kappa shape index (κ3) is 4.71. The highest BCUT2D eigenvalue weighted by atomic mass is 16.7. The van der Waals surface area contributed by atoms with E-state index in [9.17, 15) is 35.7 Å². The zero-order valence-corrected chi connectivity index (χ0v) is 19.9. The Labute approximate surface area is 207 Å². The Hall–Kier alpha value is -2.64. The number of hydrogen-bond acceptors (Lipinski definition) is 11. The van der Waals surface area contributed by atoms with Crippen LogP contribution < -0.4 is 9.47 Å². The summed E-state index contributed by atoms with van der Waals surface area (Å²) < 4.78 is 22.3. The number of aliphatic hydroxyl groups excluding tert-OH is 5. The summed E-state index contributed by atoms with van der Waals surface area (Å²) in [6, 6.07) is 7.92. The van der Waals surface area contributed by atoms with Crippen LogP contribution in [-0.4, -0.2) is 100.0 Å². The van der Waals surface area contributed by atoms with E-state index in [0.717, 1.165) is 5.56 Å². The molecule has 0 saturated carbocycles. The second-order valence-electron chi connectivity index (χ2n) is 9.08. The molecule has 1 fully saturated rings. The minimum Gasteiger partial charge on any atom is -0.504 e. The molecule has 198 valence electrons. The van der Waals surface area contributed by atoms with E-state index in [0.29, 0.717) is 17.5 Å². The van der Waals surface area contributed by atoms with Crippen LogP contribution in [0.25, 0.3) is 0 Å². The number of fused-ring (bicyclic) bond motifs is 1. The maximum atomic E-state index is 10.6. The molecule has 7 N–H and O–H groups in total. The zero-order valence-electron chi connectivity index (χ0n) is 19.9. The zero-order chi connectivity index (χ0) is 26.1. The summed E-state index contributed by atoms with van der Waals surface area (Å²) in [7, 11) is 2.84. The molecule has 11 heteroatoms. The first-order valence-electron chi connectivity index (χ1n) is 11.6. The molecule has 1 aliphatic carbocycles. The number of ether oxygens (including phenoxy) is 4. The highest BCUT2D eigenvalue weighted by Gasteiger charge is 2.48. The summed E-state index contributed by atoms with van der Waals surface area (Å²) >= 11 is 0. The Morgan fingerprint density at radius 1 is 0.861 bits per heavy atom. The van der Waals surface area contributed by atoms with Crippen molar-refractivity contribution in [1.82, 2.24) is 0 Å². The van der Waals surface area contributed by atoms with Crippen molar-refractivity contribution in [2.75, 3.05) is 27.4 Å². The number of hydrogen-bond donors (Lipinski definition) is 7. The van der Waals surface area contributed by atoms with Crippen LogP contribution in [0.3, 0.4) is 0 Å². The number of rotatable bonds is 7. The molecule has 0 unspecified atom stereocenters. The molecule has 0 amide bonds. The standard InChI is InChI=1S/C25H32O11/c1-33-17-6-11(3-4-15(17)28)20-14-8-16(29)18(34-2)7-12(14)5-13(9-26)24(20)36-25-23(32)22(31)21(30)19(10-27)35-25/h3-4,6-8,13,19-32H,5,9-10H2,1-2H3/t13-,19+,20-,21+,22-,23+,24-,25-/m0/s1. The largest absolute Gasteiger partial charge is 0.504 e. The van der Waals surface area contributed by atoms with Crippen molar-refractivity contribution in [1.29, 1.82) is 0 Å². The average molecular weight is 509 g/mol. The average Bonchev–Trinajstić information content (AvgIpc) is 2.88. The van der Waals surface area contributed by atoms with Gasteiger partial charge in [0, 0.05) is 18.4 Å². The van der Waals surface area contributed by atoms with Crippen LogP contribution in [-0.2, 0) is 15.9 Å². The molecular weight excluding hydrogens is 476 g/mol. The molecule has 8 atom stereocenters.